The van der Waals surface area contributed by atoms with Crippen LogP contribution in [-0.4, -0.2) is 80.8 Å². The number of nitrogens with zero attached hydrogens (tertiary/aromatic N) is 2. The molecule has 0 saturated carbocycles. The number of likely N-dealkylation sites (tertiary alicyclic amines) is 1. The van der Waals surface area contributed by atoms with E-state index in [0.29, 0.717) is 12.6 Å². The van der Waals surface area contributed by atoms with E-state index >= 15 is 0 Å². The summed E-state index contributed by atoms with van der Waals surface area (Å²) in [6.07, 6.45) is 2.00. The van der Waals surface area contributed by atoms with Gasteiger partial charge in [-0.1, -0.05) is 0 Å². The topological polar surface area (TPSA) is 70.8 Å². The van der Waals surface area contributed by atoms with E-state index in [0.717, 1.165) is 65.3 Å². The molecule has 0 radical (unpaired) electrons. The number of ether oxygens (including phenoxy) is 1. The Hall–Kier alpha value is -0.690. The predicted octanol–water partition coefficient (Wildman–Crippen LogP) is -1.14. The normalized spacial score (nSPS) is 23.4. The maximum absolute atomic E-state index is 11.8. The summed E-state index contributed by atoms with van der Waals surface area (Å²) in [4.78, 5) is 16.3. The van der Waals surface area contributed by atoms with Crippen molar-refractivity contribution in [2.75, 3.05) is 59.0 Å². The van der Waals surface area contributed by atoms with Crippen molar-refractivity contribution in [3.63, 3.8) is 0 Å². The van der Waals surface area contributed by atoms with Crippen LogP contribution in [0.4, 0.5) is 0 Å². The highest BCUT2D eigenvalue weighted by Crippen LogP contribution is 2.07. The first-order valence-corrected chi connectivity index (χ1v) is 7.29. The van der Waals surface area contributed by atoms with Gasteiger partial charge in [0.2, 0.25) is 5.91 Å². The van der Waals surface area contributed by atoms with E-state index in [9.17, 15) is 4.79 Å². The van der Waals surface area contributed by atoms with Crippen LogP contribution in [0.3, 0.4) is 0 Å². The van der Waals surface area contributed by atoms with Gasteiger partial charge in [-0.2, -0.15) is 0 Å². The van der Waals surface area contributed by atoms with E-state index in [-0.39, 0.29) is 5.91 Å². The van der Waals surface area contributed by atoms with Crippen LogP contribution in [-0.2, 0) is 9.53 Å². The molecule has 2 aliphatic rings. The number of amides is 1. The third kappa shape index (κ3) is 5.44. The van der Waals surface area contributed by atoms with E-state index in [1.807, 2.05) is 0 Å². The van der Waals surface area contributed by atoms with Crippen molar-refractivity contribution in [2.24, 2.45) is 5.73 Å². The Morgan fingerprint density at radius 1 is 1.16 bits per heavy atom. The number of piperidine rings is 1. The molecule has 6 heteroatoms. The van der Waals surface area contributed by atoms with E-state index in [4.69, 9.17) is 10.5 Å². The van der Waals surface area contributed by atoms with Gasteiger partial charge in [-0.05, 0) is 12.8 Å². The number of rotatable bonds is 5. The van der Waals surface area contributed by atoms with E-state index < -0.39 is 0 Å². The number of nitrogens with one attached hydrogen (secondary N) is 1. The van der Waals surface area contributed by atoms with Gasteiger partial charge in [-0.25, -0.2) is 0 Å². The van der Waals surface area contributed by atoms with Crippen molar-refractivity contribution in [3.8, 4) is 0 Å². The fraction of sp³-hybridized carbons (Fsp3) is 0.923. The molecule has 0 atom stereocenters. The minimum Gasteiger partial charge on any atom is -0.379 e. The molecule has 0 aromatic carbocycles. The lowest BCUT2D eigenvalue weighted by atomic mass is 10.1. The van der Waals surface area contributed by atoms with Crippen LogP contribution in [0, 0.1) is 0 Å². The lowest BCUT2D eigenvalue weighted by molar-refractivity contribution is -0.122. The van der Waals surface area contributed by atoms with Crippen molar-refractivity contribution < 1.29 is 9.53 Å². The molecule has 0 unspecified atom stereocenters. The van der Waals surface area contributed by atoms with Crippen LogP contribution in [0.5, 0.6) is 0 Å². The standard InChI is InChI=1S/C13H26N4O2/c14-12-1-4-17(5-2-12)11-13(18)15-3-6-16-7-9-19-10-8-16/h12H,1-11,14H2,(H,15,18). The molecule has 0 spiro atoms. The number of carbonyl (C=O) groups excluding carboxylic acids is 1. The number of nitrogens with two attached hydrogens (primary N) is 1. The van der Waals surface area contributed by atoms with Gasteiger partial charge in [0, 0.05) is 45.3 Å². The molecule has 6 nitrogen and oxygen atoms in total. The first-order valence-electron chi connectivity index (χ1n) is 7.29. The minimum atomic E-state index is 0.128. The number of hydrogen-bond acceptors (Lipinski definition) is 5. The van der Waals surface area contributed by atoms with Gasteiger partial charge in [-0.3, -0.25) is 14.6 Å². The van der Waals surface area contributed by atoms with Gasteiger partial charge in [-0.15, -0.1) is 0 Å². The summed E-state index contributed by atoms with van der Waals surface area (Å²) in [5.74, 6) is 0.128. The SMILES string of the molecule is NC1CCN(CC(=O)NCCN2CCOCC2)CC1. The smallest absolute Gasteiger partial charge is 0.234 e. The molecule has 0 bridgehead atoms. The lowest BCUT2D eigenvalue weighted by Crippen LogP contribution is -2.46. The minimum absolute atomic E-state index is 0.128. The molecule has 19 heavy (non-hydrogen) atoms. The third-order valence-electron chi connectivity index (χ3n) is 3.85. The van der Waals surface area contributed by atoms with Crippen molar-refractivity contribution in [2.45, 2.75) is 18.9 Å². The van der Waals surface area contributed by atoms with Crippen LogP contribution < -0.4 is 11.1 Å². The zero-order valence-corrected chi connectivity index (χ0v) is 11.6. The van der Waals surface area contributed by atoms with E-state index in [1.165, 1.54) is 0 Å². The van der Waals surface area contributed by atoms with Crippen LogP contribution in [0.1, 0.15) is 12.8 Å². The summed E-state index contributed by atoms with van der Waals surface area (Å²) in [5.41, 5.74) is 5.85. The molecule has 2 saturated heterocycles. The summed E-state index contributed by atoms with van der Waals surface area (Å²) < 4.78 is 5.29. The molecular weight excluding hydrogens is 244 g/mol. The molecular formula is C13H26N4O2. The maximum Gasteiger partial charge on any atom is 0.234 e. The Morgan fingerprint density at radius 2 is 1.84 bits per heavy atom. The largest absolute Gasteiger partial charge is 0.379 e. The third-order valence-corrected chi connectivity index (χ3v) is 3.85. The first-order chi connectivity index (χ1) is 9.24. The Morgan fingerprint density at radius 3 is 2.53 bits per heavy atom. The summed E-state index contributed by atoms with van der Waals surface area (Å²) in [6.45, 7) is 7.60. The molecule has 2 aliphatic heterocycles. The second-order valence-electron chi connectivity index (χ2n) is 5.42. The average molecular weight is 270 g/mol. The van der Waals surface area contributed by atoms with Crippen molar-refractivity contribution in [1.29, 1.82) is 0 Å². The fourth-order valence-electron chi connectivity index (χ4n) is 2.55. The Kier molecular flexibility index (Phi) is 6.03. The maximum atomic E-state index is 11.8. The number of morpholine rings is 1. The monoisotopic (exact) mass is 270 g/mol. The van der Waals surface area contributed by atoms with Crippen LogP contribution in [0.2, 0.25) is 0 Å². The van der Waals surface area contributed by atoms with Gasteiger partial charge >= 0.3 is 0 Å². The van der Waals surface area contributed by atoms with Crippen LogP contribution in [0.15, 0.2) is 0 Å². The number of hydrogen-bond donors (Lipinski definition) is 2. The second-order valence-corrected chi connectivity index (χ2v) is 5.42. The van der Waals surface area contributed by atoms with Crippen molar-refractivity contribution >= 4 is 5.91 Å². The van der Waals surface area contributed by atoms with Crippen LogP contribution in [0.25, 0.3) is 0 Å². The fourth-order valence-corrected chi connectivity index (χ4v) is 2.55. The highest BCUT2D eigenvalue weighted by atomic mass is 16.5. The highest BCUT2D eigenvalue weighted by Gasteiger charge is 2.18. The molecule has 0 aromatic heterocycles. The lowest BCUT2D eigenvalue weighted by Gasteiger charge is -2.29. The van der Waals surface area contributed by atoms with Gasteiger partial charge in [0.1, 0.15) is 0 Å². The van der Waals surface area contributed by atoms with Crippen LogP contribution >= 0.6 is 0 Å². The van der Waals surface area contributed by atoms with Crippen molar-refractivity contribution in [1.82, 2.24) is 15.1 Å². The van der Waals surface area contributed by atoms with Gasteiger partial charge in [0.05, 0.1) is 19.8 Å². The van der Waals surface area contributed by atoms with E-state index in [2.05, 4.69) is 15.1 Å². The molecule has 0 aliphatic carbocycles. The predicted molar refractivity (Wildman–Crippen MR) is 73.9 cm³/mol. The molecule has 110 valence electrons. The quantitative estimate of drug-likeness (QED) is 0.661. The van der Waals surface area contributed by atoms with E-state index in [1.54, 1.807) is 0 Å². The number of carbonyl (C=O) groups is 1. The molecule has 2 fully saturated rings. The molecule has 0 aromatic rings. The Labute approximate surface area is 115 Å². The summed E-state index contributed by atoms with van der Waals surface area (Å²) in [7, 11) is 0. The van der Waals surface area contributed by atoms with Gasteiger partial charge < -0.3 is 15.8 Å². The van der Waals surface area contributed by atoms with Crippen molar-refractivity contribution in [3.05, 3.63) is 0 Å². The molecule has 2 heterocycles. The molecule has 2 rings (SSSR count). The zero-order valence-electron chi connectivity index (χ0n) is 11.6. The highest BCUT2D eigenvalue weighted by molar-refractivity contribution is 5.78. The summed E-state index contributed by atoms with van der Waals surface area (Å²) in [6, 6.07) is 0.320. The zero-order chi connectivity index (χ0) is 13.5. The molecule has 1 amide bonds. The summed E-state index contributed by atoms with van der Waals surface area (Å²) >= 11 is 0. The summed E-state index contributed by atoms with van der Waals surface area (Å²) in [5, 5.41) is 2.99. The Bertz CT molecular complexity index is 274. The first kappa shape index (κ1) is 14.7. The average Bonchev–Trinajstić information content (AvgIpc) is 2.43. The van der Waals surface area contributed by atoms with Gasteiger partial charge in [0.15, 0.2) is 0 Å². The van der Waals surface area contributed by atoms with Gasteiger partial charge in [0.25, 0.3) is 0 Å². The second kappa shape index (κ2) is 7.79. The Balaban J connectivity index is 1.54. The molecule has 3 N–H and O–H groups in total.